The van der Waals surface area contributed by atoms with E-state index < -0.39 is 0 Å². The van der Waals surface area contributed by atoms with Gasteiger partial charge in [0, 0.05) is 43.1 Å². The third kappa shape index (κ3) is 4.59. The smallest absolute Gasteiger partial charge is 0.253 e. The summed E-state index contributed by atoms with van der Waals surface area (Å²) in [5, 5.41) is 12.0. The molecule has 2 N–H and O–H groups in total. The van der Waals surface area contributed by atoms with Gasteiger partial charge in [-0.05, 0) is 49.1 Å². The zero-order valence-corrected chi connectivity index (χ0v) is 19.0. The van der Waals surface area contributed by atoms with Crippen LogP contribution in [0.4, 0.5) is 5.69 Å². The number of amides is 1. The third-order valence-corrected chi connectivity index (χ3v) is 5.93. The molecule has 2 aromatic heterocycles. The van der Waals surface area contributed by atoms with Gasteiger partial charge in [0.2, 0.25) is 0 Å². The minimum Gasteiger partial charge on any atom is -0.388 e. The zero-order chi connectivity index (χ0) is 21.1. The van der Waals surface area contributed by atoms with E-state index in [0.717, 1.165) is 54.9 Å². The molecule has 0 saturated carbocycles. The van der Waals surface area contributed by atoms with E-state index in [4.69, 9.17) is 5.41 Å². The van der Waals surface area contributed by atoms with E-state index in [2.05, 4.69) is 23.3 Å². The Morgan fingerprint density at radius 1 is 1.13 bits per heavy atom. The lowest BCUT2D eigenvalue weighted by atomic mass is 10.0. The molecule has 0 unspecified atom stereocenters. The second kappa shape index (κ2) is 9.96. The highest BCUT2D eigenvalue weighted by atomic mass is 35.5. The topological polar surface area (TPSA) is 73.5 Å². The largest absolute Gasteiger partial charge is 0.388 e. The Hall–Kier alpha value is -2.86. The summed E-state index contributed by atoms with van der Waals surface area (Å²) in [5.74, 6) is 0.0777. The van der Waals surface area contributed by atoms with Gasteiger partial charge in [-0.15, -0.1) is 12.4 Å². The van der Waals surface area contributed by atoms with Crippen LogP contribution in [0.15, 0.2) is 42.7 Å². The summed E-state index contributed by atoms with van der Waals surface area (Å²) in [4.78, 5) is 19.4. The van der Waals surface area contributed by atoms with Crippen molar-refractivity contribution in [2.75, 3.05) is 25.5 Å². The predicted octanol–water partition coefficient (Wildman–Crippen LogP) is 4.79. The highest BCUT2D eigenvalue weighted by molar-refractivity contribution is 6.14. The van der Waals surface area contributed by atoms with E-state index in [9.17, 15) is 4.79 Å². The number of hydrogen-bond donors (Lipinski definition) is 2. The molecule has 1 aromatic carbocycles. The number of halogens is 1. The Bertz CT molecular complexity index is 1080. The number of benzene rings is 1. The fraction of sp³-hybridized carbons (Fsp3) is 0.375. The first-order chi connectivity index (χ1) is 14.6. The fourth-order valence-electron chi connectivity index (χ4n) is 4.12. The van der Waals surface area contributed by atoms with Crippen LogP contribution in [-0.2, 0) is 6.42 Å². The Kier molecular flexibility index (Phi) is 7.33. The van der Waals surface area contributed by atoms with Crippen LogP contribution in [0, 0.1) is 5.41 Å². The van der Waals surface area contributed by atoms with Gasteiger partial charge in [0.1, 0.15) is 5.65 Å². The average molecular weight is 440 g/mol. The molecular formula is C24H30ClN5O. The number of carbonyl (C=O) groups excluding carboxylic acids is 1. The molecule has 31 heavy (non-hydrogen) atoms. The summed E-state index contributed by atoms with van der Waals surface area (Å²) in [6.07, 6.45) is 9.25. The minimum absolute atomic E-state index is 0. The molecule has 0 spiro atoms. The van der Waals surface area contributed by atoms with Gasteiger partial charge in [-0.2, -0.15) is 0 Å². The predicted molar refractivity (Wildman–Crippen MR) is 128 cm³/mol. The van der Waals surface area contributed by atoms with Gasteiger partial charge in [0.05, 0.1) is 17.6 Å². The van der Waals surface area contributed by atoms with Gasteiger partial charge >= 0.3 is 0 Å². The summed E-state index contributed by atoms with van der Waals surface area (Å²) < 4.78 is 1.97. The molecular weight excluding hydrogens is 410 g/mol. The second-order valence-corrected chi connectivity index (χ2v) is 7.85. The van der Waals surface area contributed by atoms with Crippen molar-refractivity contribution in [3.8, 4) is 0 Å². The number of nitrogens with one attached hydrogen (secondary N) is 2. The van der Waals surface area contributed by atoms with Crippen LogP contribution in [0.3, 0.4) is 0 Å². The molecule has 6 nitrogen and oxygen atoms in total. The van der Waals surface area contributed by atoms with E-state index in [-0.39, 0.29) is 18.3 Å². The van der Waals surface area contributed by atoms with E-state index in [0.29, 0.717) is 11.3 Å². The second-order valence-electron chi connectivity index (χ2n) is 7.85. The molecule has 1 amide bonds. The molecule has 164 valence electrons. The van der Waals surface area contributed by atoms with Crippen molar-refractivity contribution < 1.29 is 4.79 Å². The lowest BCUT2D eigenvalue weighted by molar-refractivity contribution is 0.0761. The molecule has 3 heterocycles. The molecule has 0 radical (unpaired) electrons. The Morgan fingerprint density at radius 3 is 2.55 bits per heavy atom. The van der Waals surface area contributed by atoms with Crippen LogP contribution in [0.2, 0.25) is 0 Å². The zero-order valence-electron chi connectivity index (χ0n) is 18.1. The van der Waals surface area contributed by atoms with Crippen molar-refractivity contribution in [3.05, 3.63) is 65.1 Å². The first-order valence-electron chi connectivity index (χ1n) is 10.8. The number of anilines is 1. The van der Waals surface area contributed by atoms with Crippen LogP contribution in [0.25, 0.3) is 5.65 Å². The van der Waals surface area contributed by atoms with Gasteiger partial charge < -0.3 is 10.2 Å². The normalized spacial score (nSPS) is 14.1. The van der Waals surface area contributed by atoms with Crippen LogP contribution >= 0.6 is 12.4 Å². The highest BCUT2D eigenvalue weighted by Crippen LogP contribution is 2.23. The molecule has 1 aliphatic heterocycles. The number of likely N-dealkylation sites (tertiary alicyclic amines) is 1. The van der Waals surface area contributed by atoms with Crippen molar-refractivity contribution in [2.45, 2.75) is 39.0 Å². The number of carbonyl (C=O) groups is 1. The molecule has 0 atom stereocenters. The Balaban J connectivity index is 0.00000272. The first-order valence-corrected chi connectivity index (χ1v) is 10.8. The molecule has 0 aliphatic carbocycles. The molecule has 7 heteroatoms. The number of fused-ring (bicyclic) bond motifs is 1. The highest BCUT2D eigenvalue weighted by Gasteiger charge is 2.20. The molecule has 1 fully saturated rings. The van der Waals surface area contributed by atoms with Crippen LogP contribution < -0.4 is 5.32 Å². The molecule has 3 aromatic rings. The monoisotopic (exact) mass is 439 g/mol. The van der Waals surface area contributed by atoms with Gasteiger partial charge in [-0.3, -0.25) is 14.6 Å². The third-order valence-electron chi connectivity index (χ3n) is 5.93. The SMILES string of the molecule is CCc1ccc2ncc(C(=N)c3ccc(C(=O)N4CCCCCC4)cc3NC)n2c1.Cl. The molecule has 1 aliphatic rings. The quantitative estimate of drug-likeness (QED) is 0.561. The van der Waals surface area contributed by atoms with Gasteiger partial charge in [0.15, 0.2) is 0 Å². The van der Waals surface area contributed by atoms with Crippen LogP contribution in [-0.4, -0.2) is 46.0 Å². The standard InChI is InChI=1S/C24H29N5O.ClH/c1-3-17-8-11-22-27-15-21(29(22)16-17)23(25)19-10-9-18(14-20(19)26-2)24(30)28-12-6-4-5-7-13-28;/h8-11,14-16,25-26H,3-7,12-13H2,1-2H3;1H. The average Bonchev–Trinajstić information content (AvgIpc) is 3.01. The van der Waals surface area contributed by atoms with E-state index >= 15 is 0 Å². The van der Waals surface area contributed by atoms with Crippen molar-refractivity contribution >= 4 is 35.4 Å². The maximum atomic E-state index is 13.0. The van der Waals surface area contributed by atoms with Gasteiger partial charge in [-0.25, -0.2) is 4.98 Å². The van der Waals surface area contributed by atoms with E-state index in [1.54, 1.807) is 6.20 Å². The summed E-state index contributed by atoms with van der Waals surface area (Å²) in [6.45, 7) is 3.77. The molecule has 0 bridgehead atoms. The van der Waals surface area contributed by atoms with E-state index in [1.807, 2.05) is 46.8 Å². The number of aromatic nitrogens is 2. The van der Waals surface area contributed by atoms with Crippen molar-refractivity contribution in [1.82, 2.24) is 14.3 Å². The lowest BCUT2D eigenvalue weighted by Gasteiger charge is -2.21. The maximum Gasteiger partial charge on any atom is 0.253 e. The van der Waals surface area contributed by atoms with Gasteiger partial charge in [-0.1, -0.05) is 25.8 Å². The molecule has 1 saturated heterocycles. The number of pyridine rings is 1. The fourth-order valence-corrected chi connectivity index (χ4v) is 4.12. The number of rotatable bonds is 5. The Labute approximate surface area is 189 Å². The van der Waals surface area contributed by atoms with Crippen LogP contribution in [0.1, 0.15) is 59.8 Å². The van der Waals surface area contributed by atoms with Gasteiger partial charge in [0.25, 0.3) is 5.91 Å². The van der Waals surface area contributed by atoms with E-state index in [1.165, 1.54) is 18.4 Å². The maximum absolute atomic E-state index is 13.0. The van der Waals surface area contributed by atoms with Crippen LogP contribution in [0.5, 0.6) is 0 Å². The lowest BCUT2D eigenvalue weighted by Crippen LogP contribution is -2.31. The number of nitrogens with zero attached hydrogens (tertiary/aromatic N) is 3. The molecule has 4 rings (SSSR count). The van der Waals surface area contributed by atoms with Crippen molar-refractivity contribution in [3.63, 3.8) is 0 Å². The number of imidazole rings is 1. The van der Waals surface area contributed by atoms with Crippen molar-refractivity contribution in [2.24, 2.45) is 0 Å². The Morgan fingerprint density at radius 2 is 1.87 bits per heavy atom. The summed E-state index contributed by atoms with van der Waals surface area (Å²) in [5.41, 5.74) is 5.35. The minimum atomic E-state index is 0. The summed E-state index contributed by atoms with van der Waals surface area (Å²) in [7, 11) is 1.83. The summed E-state index contributed by atoms with van der Waals surface area (Å²) in [6, 6.07) is 9.65. The first kappa shape index (κ1) is 22.8. The van der Waals surface area contributed by atoms with Crippen molar-refractivity contribution in [1.29, 1.82) is 5.41 Å². The number of aryl methyl sites for hydroxylation is 1. The number of hydrogen-bond acceptors (Lipinski definition) is 4. The summed E-state index contributed by atoms with van der Waals surface area (Å²) >= 11 is 0.